The van der Waals surface area contributed by atoms with Crippen LogP contribution in [0.4, 0.5) is 5.69 Å². The number of nitrogens with one attached hydrogen (secondary N) is 1. The smallest absolute Gasteiger partial charge is 0.331 e. The Morgan fingerprint density at radius 3 is 2.59 bits per heavy atom. The molecular weight excluding hydrogens is 465 g/mol. The van der Waals surface area contributed by atoms with Crippen molar-refractivity contribution in [1.29, 1.82) is 0 Å². The van der Waals surface area contributed by atoms with E-state index in [0.717, 1.165) is 3.57 Å². The third-order valence-corrected chi connectivity index (χ3v) is 3.60. The molecule has 1 heterocycles. The van der Waals surface area contributed by atoms with Crippen molar-refractivity contribution in [2.45, 2.75) is 0 Å². The molecule has 0 fully saturated rings. The van der Waals surface area contributed by atoms with Gasteiger partial charge in [-0.15, -0.1) is 0 Å². The topological polar surface area (TPSA) is 68.5 Å². The fourth-order valence-electron chi connectivity index (χ4n) is 1.48. The fraction of sp³-hybridized carbons (Fsp3) is 0.0667. The molecule has 1 amide bonds. The second-order valence-electron chi connectivity index (χ2n) is 4.14. The molecule has 2 aromatic rings. The van der Waals surface area contributed by atoms with Crippen molar-refractivity contribution in [2.75, 3.05) is 11.9 Å². The molecule has 0 unspecified atom stereocenters. The number of carbonyl (C=O) groups excluding carboxylic acids is 2. The number of hydrogen-bond acceptors (Lipinski definition) is 4. The second-order valence-corrected chi connectivity index (χ2v) is 6.17. The van der Waals surface area contributed by atoms with Crippen LogP contribution in [0.25, 0.3) is 6.08 Å². The van der Waals surface area contributed by atoms with Crippen LogP contribution in [-0.2, 0) is 14.3 Å². The molecule has 0 bridgehead atoms. The average molecular weight is 476 g/mol. The van der Waals surface area contributed by atoms with Crippen molar-refractivity contribution in [3.8, 4) is 0 Å². The number of esters is 1. The largest absolute Gasteiger partial charge is 0.452 e. The van der Waals surface area contributed by atoms with Gasteiger partial charge in [-0.25, -0.2) is 4.79 Å². The number of furan rings is 1. The molecule has 0 aliphatic carbocycles. The standard InChI is InChI=1S/C15H11BrINO4/c16-13-7-5-12(22-13)6-8-15(20)21-9-14(19)18-11-3-1-10(17)2-4-11/h1-8H,9H2,(H,18,19). The summed E-state index contributed by atoms with van der Waals surface area (Å²) in [6, 6.07) is 10.7. The summed E-state index contributed by atoms with van der Waals surface area (Å²) in [6.45, 7) is -0.350. The molecule has 1 N–H and O–H groups in total. The first kappa shape index (κ1) is 16.8. The first-order valence-electron chi connectivity index (χ1n) is 6.18. The van der Waals surface area contributed by atoms with E-state index in [2.05, 4.69) is 43.8 Å². The zero-order valence-electron chi connectivity index (χ0n) is 11.2. The van der Waals surface area contributed by atoms with Crippen molar-refractivity contribution in [1.82, 2.24) is 0 Å². The second kappa shape index (κ2) is 8.14. The lowest BCUT2D eigenvalue weighted by atomic mass is 10.3. The van der Waals surface area contributed by atoms with Gasteiger partial charge in [-0.05, 0) is 81.0 Å². The third kappa shape index (κ3) is 5.64. The Bertz CT molecular complexity index is 694. The minimum Gasteiger partial charge on any atom is -0.452 e. The Morgan fingerprint density at radius 1 is 1.23 bits per heavy atom. The van der Waals surface area contributed by atoms with Crippen LogP contribution in [0.1, 0.15) is 5.76 Å². The van der Waals surface area contributed by atoms with Crippen molar-refractivity contribution >= 4 is 62.2 Å². The molecule has 0 aliphatic heterocycles. The predicted octanol–water partition coefficient (Wildman–Crippen LogP) is 3.84. The number of benzene rings is 1. The van der Waals surface area contributed by atoms with Gasteiger partial charge in [0.1, 0.15) is 5.76 Å². The maximum atomic E-state index is 11.6. The monoisotopic (exact) mass is 475 g/mol. The Hall–Kier alpha value is -1.61. The molecule has 0 saturated carbocycles. The van der Waals surface area contributed by atoms with Gasteiger partial charge in [0.2, 0.25) is 0 Å². The number of amides is 1. The summed E-state index contributed by atoms with van der Waals surface area (Å²) in [5.74, 6) is -0.513. The van der Waals surface area contributed by atoms with E-state index >= 15 is 0 Å². The molecule has 1 aromatic carbocycles. The first-order chi connectivity index (χ1) is 10.5. The highest BCUT2D eigenvalue weighted by atomic mass is 127. The maximum Gasteiger partial charge on any atom is 0.331 e. The molecule has 0 radical (unpaired) electrons. The molecule has 0 atom stereocenters. The zero-order valence-corrected chi connectivity index (χ0v) is 15.0. The molecule has 5 nitrogen and oxygen atoms in total. The highest BCUT2D eigenvalue weighted by Gasteiger charge is 2.06. The van der Waals surface area contributed by atoms with Gasteiger partial charge in [-0.3, -0.25) is 4.79 Å². The highest BCUT2D eigenvalue weighted by molar-refractivity contribution is 14.1. The van der Waals surface area contributed by atoms with Gasteiger partial charge in [0.05, 0.1) is 0 Å². The molecule has 0 saturated heterocycles. The van der Waals surface area contributed by atoms with Crippen LogP contribution in [0.15, 0.2) is 51.6 Å². The summed E-state index contributed by atoms with van der Waals surface area (Å²) in [7, 11) is 0. The zero-order chi connectivity index (χ0) is 15.9. The molecule has 2 rings (SSSR count). The van der Waals surface area contributed by atoms with Crippen LogP contribution in [0.5, 0.6) is 0 Å². The lowest BCUT2D eigenvalue weighted by Crippen LogP contribution is -2.20. The summed E-state index contributed by atoms with van der Waals surface area (Å²) in [5, 5.41) is 2.63. The number of hydrogen-bond donors (Lipinski definition) is 1. The maximum absolute atomic E-state index is 11.6. The van der Waals surface area contributed by atoms with E-state index in [1.165, 1.54) is 12.2 Å². The number of ether oxygens (including phenoxy) is 1. The van der Waals surface area contributed by atoms with Gasteiger partial charge in [0.15, 0.2) is 11.3 Å². The van der Waals surface area contributed by atoms with Crippen LogP contribution in [0, 0.1) is 3.57 Å². The van der Waals surface area contributed by atoms with Gasteiger partial charge in [-0.2, -0.15) is 0 Å². The fourth-order valence-corrected chi connectivity index (χ4v) is 2.16. The van der Waals surface area contributed by atoms with Gasteiger partial charge < -0.3 is 14.5 Å². The van der Waals surface area contributed by atoms with E-state index in [4.69, 9.17) is 9.15 Å². The van der Waals surface area contributed by atoms with Crippen LogP contribution in [0.3, 0.4) is 0 Å². The normalized spacial score (nSPS) is 10.6. The van der Waals surface area contributed by atoms with Gasteiger partial charge in [0, 0.05) is 15.3 Å². The summed E-state index contributed by atoms with van der Waals surface area (Å²) < 4.78 is 11.7. The summed E-state index contributed by atoms with van der Waals surface area (Å²) in [4.78, 5) is 23.1. The minimum atomic E-state index is -0.620. The summed E-state index contributed by atoms with van der Waals surface area (Å²) in [5.41, 5.74) is 0.650. The predicted molar refractivity (Wildman–Crippen MR) is 94.2 cm³/mol. The molecule has 114 valence electrons. The van der Waals surface area contributed by atoms with E-state index in [-0.39, 0.29) is 6.61 Å². The molecule has 0 spiro atoms. The van der Waals surface area contributed by atoms with Crippen molar-refractivity contribution in [3.63, 3.8) is 0 Å². The number of halogens is 2. The van der Waals surface area contributed by atoms with Crippen LogP contribution in [-0.4, -0.2) is 18.5 Å². The molecule has 22 heavy (non-hydrogen) atoms. The Labute approximate surface area is 149 Å². The quantitative estimate of drug-likeness (QED) is 0.405. The number of anilines is 1. The molecule has 1 aromatic heterocycles. The van der Waals surface area contributed by atoms with Gasteiger partial charge in [0.25, 0.3) is 5.91 Å². The van der Waals surface area contributed by atoms with E-state index in [0.29, 0.717) is 16.1 Å². The third-order valence-electron chi connectivity index (χ3n) is 2.45. The van der Waals surface area contributed by atoms with Crippen LogP contribution >= 0.6 is 38.5 Å². The first-order valence-corrected chi connectivity index (χ1v) is 8.06. The molecule has 0 aliphatic rings. The van der Waals surface area contributed by atoms with Crippen LogP contribution < -0.4 is 5.32 Å². The minimum absolute atomic E-state index is 0.350. The summed E-state index contributed by atoms with van der Waals surface area (Å²) >= 11 is 5.33. The van der Waals surface area contributed by atoms with Crippen molar-refractivity contribution in [2.24, 2.45) is 0 Å². The molecule has 7 heteroatoms. The number of carbonyl (C=O) groups is 2. The SMILES string of the molecule is O=C(COC(=O)C=Cc1ccc(Br)o1)Nc1ccc(I)cc1. The van der Waals surface area contributed by atoms with Gasteiger partial charge >= 0.3 is 5.97 Å². The lowest BCUT2D eigenvalue weighted by Gasteiger charge is -2.05. The molecular formula is C15H11BrINO4. The lowest BCUT2D eigenvalue weighted by molar-refractivity contribution is -0.142. The van der Waals surface area contributed by atoms with Crippen molar-refractivity contribution in [3.05, 3.63) is 56.5 Å². The van der Waals surface area contributed by atoms with E-state index < -0.39 is 11.9 Å². The van der Waals surface area contributed by atoms with E-state index in [1.807, 2.05) is 12.1 Å². The van der Waals surface area contributed by atoms with Gasteiger partial charge in [-0.1, -0.05) is 0 Å². The summed E-state index contributed by atoms with van der Waals surface area (Å²) in [6.07, 6.45) is 2.66. The van der Waals surface area contributed by atoms with E-state index in [1.54, 1.807) is 24.3 Å². The Kier molecular flexibility index (Phi) is 6.20. The average Bonchev–Trinajstić information content (AvgIpc) is 2.91. The Balaban J connectivity index is 1.77. The highest BCUT2D eigenvalue weighted by Crippen LogP contribution is 2.15. The van der Waals surface area contributed by atoms with Crippen LogP contribution in [0.2, 0.25) is 0 Å². The van der Waals surface area contributed by atoms with E-state index in [9.17, 15) is 9.59 Å². The Morgan fingerprint density at radius 2 is 1.95 bits per heavy atom. The number of rotatable bonds is 5. The van der Waals surface area contributed by atoms with Crippen molar-refractivity contribution < 1.29 is 18.7 Å².